The number of fused-ring (bicyclic) bond motifs is 1. The Bertz CT molecular complexity index is 857. The van der Waals surface area contributed by atoms with Gasteiger partial charge in [0, 0.05) is 10.9 Å². The summed E-state index contributed by atoms with van der Waals surface area (Å²) < 4.78 is 1.59. The lowest BCUT2D eigenvalue weighted by Gasteiger charge is -2.05. The first-order chi connectivity index (χ1) is 10.5. The maximum Gasteiger partial charge on any atom is 0.286 e. The van der Waals surface area contributed by atoms with Gasteiger partial charge in [0.05, 0.1) is 10.7 Å². The SMILES string of the molecule is CC(C)c1nnc2sc(C(=O)Nc3ccc(Cl)cc3Cl)nn12. The molecule has 1 N–H and O–H groups in total. The number of hydrogen-bond acceptors (Lipinski definition) is 5. The number of benzene rings is 1. The lowest BCUT2D eigenvalue weighted by Crippen LogP contribution is -2.12. The summed E-state index contributed by atoms with van der Waals surface area (Å²) in [4.78, 5) is 12.9. The average molecular weight is 356 g/mol. The quantitative estimate of drug-likeness (QED) is 0.773. The molecule has 0 aliphatic heterocycles. The van der Waals surface area contributed by atoms with Crippen molar-refractivity contribution in [1.29, 1.82) is 0 Å². The van der Waals surface area contributed by atoms with Crippen LogP contribution in [0, 0.1) is 0 Å². The molecule has 3 rings (SSSR count). The van der Waals surface area contributed by atoms with Gasteiger partial charge in [-0.25, -0.2) is 0 Å². The summed E-state index contributed by atoms with van der Waals surface area (Å²) in [6, 6.07) is 4.86. The van der Waals surface area contributed by atoms with Gasteiger partial charge in [-0.2, -0.15) is 4.52 Å². The maximum absolute atomic E-state index is 12.3. The summed E-state index contributed by atoms with van der Waals surface area (Å²) in [7, 11) is 0. The predicted molar refractivity (Wildman–Crippen MR) is 87.2 cm³/mol. The van der Waals surface area contributed by atoms with Crippen LogP contribution in [0.1, 0.15) is 35.4 Å². The third-order valence-electron chi connectivity index (χ3n) is 2.90. The third kappa shape index (κ3) is 2.79. The summed E-state index contributed by atoms with van der Waals surface area (Å²) in [6.45, 7) is 3.98. The van der Waals surface area contributed by atoms with Crippen molar-refractivity contribution < 1.29 is 4.79 Å². The van der Waals surface area contributed by atoms with E-state index in [2.05, 4.69) is 20.6 Å². The first-order valence-corrected chi connectivity index (χ1v) is 8.01. The molecule has 0 atom stereocenters. The van der Waals surface area contributed by atoms with E-state index in [1.54, 1.807) is 22.7 Å². The number of carbonyl (C=O) groups is 1. The highest BCUT2D eigenvalue weighted by molar-refractivity contribution is 7.18. The molecule has 3 aromatic rings. The number of hydrogen-bond donors (Lipinski definition) is 1. The summed E-state index contributed by atoms with van der Waals surface area (Å²) in [6.07, 6.45) is 0. The van der Waals surface area contributed by atoms with Crippen LogP contribution in [-0.4, -0.2) is 25.7 Å². The van der Waals surface area contributed by atoms with Gasteiger partial charge in [-0.15, -0.1) is 15.3 Å². The van der Waals surface area contributed by atoms with E-state index in [-0.39, 0.29) is 16.8 Å². The van der Waals surface area contributed by atoms with Crippen molar-refractivity contribution in [2.45, 2.75) is 19.8 Å². The molecule has 0 aliphatic carbocycles. The molecule has 0 spiro atoms. The van der Waals surface area contributed by atoms with Crippen LogP contribution >= 0.6 is 34.5 Å². The van der Waals surface area contributed by atoms with E-state index in [1.165, 1.54) is 11.3 Å². The zero-order valence-electron chi connectivity index (χ0n) is 11.7. The molecule has 0 unspecified atom stereocenters. The van der Waals surface area contributed by atoms with Crippen molar-refractivity contribution >= 4 is 51.1 Å². The second-order valence-corrected chi connectivity index (χ2v) is 6.69. The molecule has 0 aliphatic rings. The first-order valence-electron chi connectivity index (χ1n) is 6.44. The third-order valence-corrected chi connectivity index (χ3v) is 4.35. The first kappa shape index (κ1) is 15.2. The summed E-state index contributed by atoms with van der Waals surface area (Å²) in [5, 5.41) is 16.2. The topological polar surface area (TPSA) is 72.2 Å². The monoisotopic (exact) mass is 355 g/mol. The van der Waals surface area contributed by atoms with E-state index in [0.717, 1.165) is 5.82 Å². The van der Waals surface area contributed by atoms with E-state index in [9.17, 15) is 4.79 Å². The van der Waals surface area contributed by atoms with Crippen molar-refractivity contribution in [2.24, 2.45) is 0 Å². The largest absolute Gasteiger partial charge is 0.318 e. The zero-order chi connectivity index (χ0) is 15.9. The summed E-state index contributed by atoms with van der Waals surface area (Å²) in [5.74, 6) is 0.531. The van der Waals surface area contributed by atoms with Crippen LogP contribution < -0.4 is 5.32 Å². The number of carbonyl (C=O) groups excluding carboxylic acids is 1. The molecule has 6 nitrogen and oxygen atoms in total. The molecule has 9 heteroatoms. The molecule has 2 heterocycles. The fraction of sp³-hybridized carbons (Fsp3) is 0.231. The zero-order valence-corrected chi connectivity index (χ0v) is 14.0. The minimum atomic E-state index is -0.352. The van der Waals surface area contributed by atoms with Gasteiger partial charge in [-0.3, -0.25) is 4.79 Å². The van der Waals surface area contributed by atoms with E-state index < -0.39 is 0 Å². The van der Waals surface area contributed by atoms with Gasteiger partial charge in [-0.1, -0.05) is 48.4 Å². The molecular formula is C13H11Cl2N5OS. The molecule has 0 radical (unpaired) electrons. The minimum Gasteiger partial charge on any atom is -0.318 e. The second kappa shape index (κ2) is 5.83. The fourth-order valence-electron chi connectivity index (χ4n) is 1.85. The molecule has 22 heavy (non-hydrogen) atoms. The molecule has 114 valence electrons. The lowest BCUT2D eigenvalue weighted by molar-refractivity contribution is 0.102. The second-order valence-electron chi connectivity index (χ2n) is 4.89. The Hall–Kier alpha value is -1.70. The van der Waals surface area contributed by atoms with E-state index in [4.69, 9.17) is 23.2 Å². The van der Waals surface area contributed by atoms with Gasteiger partial charge in [0.2, 0.25) is 9.97 Å². The van der Waals surface area contributed by atoms with Crippen LogP contribution in [0.15, 0.2) is 18.2 Å². The van der Waals surface area contributed by atoms with Crippen LogP contribution in [-0.2, 0) is 0 Å². The van der Waals surface area contributed by atoms with Gasteiger partial charge in [0.15, 0.2) is 5.82 Å². The molecule has 2 aromatic heterocycles. The predicted octanol–water partition coefficient (Wildman–Crippen LogP) is 3.87. The Kier molecular flexibility index (Phi) is 4.03. The minimum absolute atomic E-state index is 0.165. The van der Waals surface area contributed by atoms with Crippen LogP contribution in [0.2, 0.25) is 10.0 Å². The molecule has 0 fully saturated rings. The van der Waals surface area contributed by atoms with Crippen molar-refractivity contribution in [1.82, 2.24) is 19.8 Å². The highest BCUT2D eigenvalue weighted by Gasteiger charge is 2.19. The number of amides is 1. The van der Waals surface area contributed by atoms with Crippen molar-refractivity contribution in [3.63, 3.8) is 0 Å². The van der Waals surface area contributed by atoms with Gasteiger partial charge >= 0.3 is 0 Å². The van der Waals surface area contributed by atoms with Crippen LogP contribution in [0.25, 0.3) is 4.96 Å². The van der Waals surface area contributed by atoms with Gasteiger partial charge in [0.25, 0.3) is 5.91 Å². The van der Waals surface area contributed by atoms with Crippen molar-refractivity contribution in [3.05, 3.63) is 39.1 Å². The van der Waals surface area contributed by atoms with Crippen LogP contribution in [0.3, 0.4) is 0 Å². The lowest BCUT2D eigenvalue weighted by atomic mass is 10.2. The Balaban J connectivity index is 1.89. The molecule has 0 saturated heterocycles. The number of anilines is 1. The summed E-state index contributed by atoms with van der Waals surface area (Å²) in [5.41, 5.74) is 0.478. The van der Waals surface area contributed by atoms with Gasteiger partial charge in [0.1, 0.15) is 0 Å². The Labute approximate surface area is 140 Å². The Morgan fingerprint density at radius 3 is 2.77 bits per heavy atom. The molecular weight excluding hydrogens is 345 g/mol. The average Bonchev–Trinajstić information content (AvgIpc) is 3.01. The van der Waals surface area contributed by atoms with E-state index >= 15 is 0 Å². The van der Waals surface area contributed by atoms with E-state index in [1.807, 2.05) is 13.8 Å². The molecule has 1 aromatic carbocycles. The van der Waals surface area contributed by atoms with Crippen LogP contribution in [0.4, 0.5) is 5.69 Å². The Morgan fingerprint density at radius 2 is 2.09 bits per heavy atom. The highest BCUT2D eigenvalue weighted by Crippen LogP contribution is 2.26. The van der Waals surface area contributed by atoms with E-state index in [0.29, 0.717) is 20.7 Å². The number of nitrogens with zero attached hydrogens (tertiary/aromatic N) is 4. The molecule has 0 bridgehead atoms. The smallest absolute Gasteiger partial charge is 0.286 e. The summed E-state index contributed by atoms with van der Waals surface area (Å²) >= 11 is 13.0. The molecule has 1 amide bonds. The number of aromatic nitrogens is 4. The normalized spacial score (nSPS) is 11.3. The number of rotatable bonds is 3. The number of halogens is 2. The van der Waals surface area contributed by atoms with Crippen molar-refractivity contribution in [3.8, 4) is 0 Å². The van der Waals surface area contributed by atoms with Gasteiger partial charge < -0.3 is 5.32 Å². The van der Waals surface area contributed by atoms with Crippen LogP contribution in [0.5, 0.6) is 0 Å². The molecule has 0 saturated carbocycles. The maximum atomic E-state index is 12.3. The number of nitrogens with one attached hydrogen (secondary N) is 1. The highest BCUT2D eigenvalue weighted by atomic mass is 35.5. The van der Waals surface area contributed by atoms with Crippen molar-refractivity contribution in [2.75, 3.05) is 5.32 Å². The fourth-order valence-corrected chi connectivity index (χ4v) is 3.05. The van der Waals surface area contributed by atoms with Gasteiger partial charge in [-0.05, 0) is 18.2 Å². The standard InChI is InChI=1S/C13H11Cl2N5OS/c1-6(2)10-17-18-13-20(10)19-12(22-13)11(21)16-9-4-3-7(14)5-8(9)15/h3-6H,1-2H3,(H,16,21). The Morgan fingerprint density at radius 1 is 1.32 bits per heavy atom.